The number of anilines is 1. The average Bonchev–Trinajstić information content (AvgIpc) is 2.80. The quantitative estimate of drug-likeness (QED) is 0.193. The first kappa shape index (κ1) is 25.0. The molecule has 33 heavy (non-hydrogen) atoms. The van der Waals surface area contributed by atoms with E-state index in [9.17, 15) is 9.59 Å². The van der Waals surface area contributed by atoms with E-state index in [2.05, 4.69) is 54.4 Å². The molecule has 10 heteroatoms. The number of hydrogen-bond acceptors (Lipinski definition) is 5. The van der Waals surface area contributed by atoms with Gasteiger partial charge in [0.15, 0.2) is 18.1 Å². The predicted octanol–water partition coefficient (Wildman–Crippen LogP) is 5.50. The molecule has 0 saturated carbocycles. The molecule has 7 nitrogen and oxygen atoms in total. The van der Waals surface area contributed by atoms with Gasteiger partial charge in [-0.05, 0) is 76.7 Å². The summed E-state index contributed by atoms with van der Waals surface area (Å²) in [6, 6.07) is 17.4. The summed E-state index contributed by atoms with van der Waals surface area (Å²) < 4.78 is 12.7. The van der Waals surface area contributed by atoms with Crippen LogP contribution in [0, 0.1) is 3.57 Å². The van der Waals surface area contributed by atoms with Crippen molar-refractivity contribution in [1.29, 1.82) is 0 Å². The van der Waals surface area contributed by atoms with Crippen molar-refractivity contribution in [3.8, 4) is 11.5 Å². The molecule has 3 aromatic carbocycles. The molecule has 2 amide bonds. The number of halogens is 3. The number of nitrogens with zero attached hydrogens (tertiary/aromatic N) is 1. The Bertz CT molecular complexity index is 1190. The van der Waals surface area contributed by atoms with Crippen molar-refractivity contribution in [2.45, 2.75) is 0 Å². The van der Waals surface area contributed by atoms with Gasteiger partial charge in [0.1, 0.15) is 0 Å². The van der Waals surface area contributed by atoms with Gasteiger partial charge < -0.3 is 14.8 Å². The van der Waals surface area contributed by atoms with Crippen LogP contribution in [0.3, 0.4) is 0 Å². The summed E-state index contributed by atoms with van der Waals surface area (Å²) in [5.74, 6) is 0.156. The molecular formula is C23H18BrClIN3O4. The molecule has 3 rings (SSSR count). The Balaban J connectivity index is 1.63. The lowest BCUT2D eigenvalue weighted by atomic mass is 10.2. The van der Waals surface area contributed by atoms with Crippen LogP contribution in [0.4, 0.5) is 5.69 Å². The minimum absolute atomic E-state index is 0.228. The van der Waals surface area contributed by atoms with E-state index in [4.69, 9.17) is 21.1 Å². The molecule has 0 atom stereocenters. The van der Waals surface area contributed by atoms with Crippen LogP contribution < -0.4 is 20.2 Å². The third-order valence-corrected chi connectivity index (χ3v) is 5.89. The highest BCUT2D eigenvalue weighted by molar-refractivity contribution is 14.1. The van der Waals surface area contributed by atoms with Gasteiger partial charge in [-0.2, -0.15) is 5.10 Å². The predicted molar refractivity (Wildman–Crippen MR) is 140 cm³/mol. The number of rotatable bonds is 8. The standard InChI is InChI=1S/C23H18BrClIN3O4/c1-32-20-11-14(12-27-29-23(31)15-6-8-16(24)9-7-15)10-18(26)22(20)33-13-21(30)28-19-5-3-2-4-17(19)25/h2-12H,13H2,1H3,(H,28,30)(H,29,31)/b27-12+. The number of methoxy groups -OCH3 is 1. The van der Waals surface area contributed by atoms with Crippen LogP contribution >= 0.6 is 50.1 Å². The van der Waals surface area contributed by atoms with Gasteiger partial charge in [0.25, 0.3) is 11.8 Å². The molecule has 170 valence electrons. The summed E-state index contributed by atoms with van der Waals surface area (Å²) in [6.07, 6.45) is 1.50. The number of hydrogen-bond donors (Lipinski definition) is 2. The average molecular weight is 643 g/mol. The van der Waals surface area contributed by atoms with Gasteiger partial charge in [-0.3, -0.25) is 9.59 Å². The van der Waals surface area contributed by atoms with Gasteiger partial charge in [0.05, 0.1) is 27.6 Å². The number of benzene rings is 3. The number of para-hydroxylation sites is 1. The van der Waals surface area contributed by atoms with Gasteiger partial charge in [0.2, 0.25) is 0 Å². The lowest BCUT2D eigenvalue weighted by molar-refractivity contribution is -0.118. The zero-order valence-corrected chi connectivity index (χ0v) is 21.8. The second kappa shape index (κ2) is 12.0. The number of amides is 2. The van der Waals surface area contributed by atoms with E-state index in [1.165, 1.54) is 13.3 Å². The maximum Gasteiger partial charge on any atom is 0.271 e. The molecule has 0 unspecified atom stereocenters. The highest BCUT2D eigenvalue weighted by Crippen LogP contribution is 2.33. The largest absolute Gasteiger partial charge is 0.493 e. The van der Waals surface area contributed by atoms with Crippen molar-refractivity contribution in [1.82, 2.24) is 5.43 Å². The normalized spacial score (nSPS) is 10.7. The monoisotopic (exact) mass is 641 g/mol. The Kier molecular flexibility index (Phi) is 9.10. The Labute approximate surface area is 217 Å². The summed E-state index contributed by atoms with van der Waals surface area (Å²) in [5, 5.41) is 7.14. The first-order valence-corrected chi connectivity index (χ1v) is 11.8. The van der Waals surface area contributed by atoms with Crippen LogP contribution in [0.1, 0.15) is 15.9 Å². The number of carbonyl (C=O) groups is 2. The number of carbonyl (C=O) groups excluding carboxylic acids is 2. The first-order valence-electron chi connectivity index (χ1n) is 9.51. The Morgan fingerprint density at radius 3 is 2.58 bits per heavy atom. The maximum absolute atomic E-state index is 12.3. The fourth-order valence-corrected chi connectivity index (χ4v) is 3.90. The molecule has 0 heterocycles. The number of hydrazone groups is 1. The second-order valence-electron chi connectivity index (χ2n) is 6.56. The third-order valence-electron chi connectivity index (χ3n) is 4.23. The molecule has 0 aliphatic rings. The molecule has 3 aromatic rings. The summed E-state index contributed by atoms with van der Waals surface area (Å²) in [5.41, 5.74) is 4.16. The molecule has 0 aromatic heterocycles. The van der Waals surface area contributed by atoms with Crippen molar-refractivity contribution < 1.29 is 19.1 Å². The Hall–Kier alpha value is -2.63. The molecule has 2 N–H and O–H groups in total. The van der Waals surface area contributed by atoms with E-state index in [0.29, 0.717) is 36.9 Å². The van der Waals surface area contributed by atoms with E-state index in [0.717, 1.165) is 4.47 Å². The van der Waals surface area contributed by atoms with Crippen LogP contribution in [0.5, 0.6) is 11.5 Å². The molecule has 0 fully saturated rings. The van der Waals surface area contributed by atoms with E-state index in [1.54, 1.807) is 60.7 Å². The third kappa shape index (κ3) is 7.18. The zero-order valence-electron chi connectivity index (χ0n) is 17.3. The summed E-state index contributed by atoms with van der Waals surface area (Å²) in [4.78, 5) is 24.4. The maximum atomic E-state index is 12.3. The van der Waals surface area contributed by atoms with Crippen LogP contribution in [-0.4, -0.2) is 31.7 Å². The minimum atomic E-state index is -0.359. The van der Waals surface area contributed by atoms with Crippen LogP contribution in [0.2, 0.25) is 5.02 Å². The minimum Gasteiger partial charge on any atom is -0.493 e. The van der Waals surface area contributed by atoms with Crippen molar-refractivity contribution in [2.24, 2.45) is 5.10 Å². The van der Waals surface area contributed by atoms with Crippen molar-refractivity contribution >= 4 is 73.8 Å². The molecule has 0 radical (unpaired) electrons. The Morgan fingerprint density at radius 1 is 1.15 bits per heavy atom. The SMILES string of the molecule is COc1cc(/C=N/NC(=O)c2ccc(Br)cc2)cc(I)c1OCC(=O)Nc1ccccc1Cl. The first-order chi connectivity index (χ1) is 15.9. The van der Waals surface area contributed by atoms with E-state index < -0.39 is 0 Å². The van der Waals surface area contributed by atoms with Crippen LogP contribution in [0.25, 0.3) is 0 Å². The molecule has 0 aliphatic carbocycles. The molecule has 0 saturated heterocycles. The highest BCUT2D eigenvalue weighted by Gasteiger charge is 2.14. The molecular weight excluding hydrogens is 625 g/mol. The van der Waals surface area contributed by atoms with Gasteiger partial charge in [0, 0.05) is 10.0 Å². The molecule has 0 spiro atoms. The van der Waals surface area contributed by atoms with Gasteiger partial charge in [-0.25, -0.2) is 5.43 Å². The lowest BCUT2D eigenvalue weighted by Crippen LogP contribution is -2.21. The van der Waals surface area contributed by atoms with Crippen LogP contribution in [0.15, 0.2) is 70.2 Å². The van der Waals surface area contributed by atoms with E-state index >= 15 is 0 Å². The van der Waals surface area contributed by atoms with Crippen molar-refractivity contribution in [2.75, 3.05) is 19.0 Å². The van der Waals surface area contributed by atoms with Gasteiger partial charge in [-0.1, -0.05) is 39.7 Å². The fraction of sp³-hybridized carbons (Fsp3) is 0.0870. The van der Waals surface area contributed by atoms with Crippen LogP contribution in [-0.2, 0) is 4.79 Å². The summed E-state index contributed by atoms with van der Waals surface area (Å²) in [7, 11) is 1.50. The lowest BCUT2D eigenvalue weighted by Gasteiger charge is -2.14. The van der Waals surface area contributed by atoms with Gasteiger partial charge >= 0.3 is 0 Å². The highest BCUT2D eigenvalue weighted by atomic mass is 127. The summed E-state index contributed by atoms with van der Waals surface area (Å²) in [6.45, 7) is -0.228. The van der Waals surface area contributed by atoms with E-state index in [1.807, 2.05) is 0 Å². The van der Waals surface area contributed by atoms with Crippen molar-refractivity contribution in [3.05, 3.63) is 84.9 Å². The van der Waals surface area contributed by atoms with Gasteiger partial charge in [-0.15, -0.1) is 0 Å². The molecule has 0 aliphatic heterocycles. The van der Waals surface area contributed by atoms with E-state index in [-0.39, 0.29) is 18.4 Å². The Morgan fingerprint density at radius 2 is 1.88 bits per heavy atom. The number of ether oxygens (including phenoxy) is 2. The zero-order chi connectivity index (χ0) is 23.8. The summed E-state index contributed by atoms with van der Waals surface area (Å²) >= 11 is 11.5. The second-order valence-corrected chi connectivity index (χ2v) is 9.04. The fourth-order valence-electron chi connectivity index (χ4n) is 2.67. The van der Waals surface area contributed by atoms with Crippen molar-refractivity contribution in [3.63, 3.8) is 0 Å². The smallest absolute Gasteiger partial charge is 0.271 e. The topological polar surface area (TPSA) is 89.0 Å². The number of nitrogens with one attached hydrogen (secondary N) is 2. The molecule has 0 bridgehead atoms.